The van der Waals surface area contributed by atoms with Crippen molar-refractivity contribution in [3.8, 4) is 22.1 Å². The van der Waals surface area contributed by atoms with Gasteiger partial charge in [0, 0.05) is 6.20 Å². The molecule has 6 heteroatoms. The molecule has 0 radical (unpaired) electrons. The van der Waals surface area contributed by atoms with Crippen molar-refractivity contribution < 1.29 is 0 Å². The molecule has 0 saturated carbocycles. The van der Waals surface area contributed by atoms with Gasteiger partial charge < -0.3 is 5.73 Å². The third kappa shape index (κ3) is 2.74. The van der Waals surface area contributed by atoms with Crippen LogP contribution < -0.4 is 5.73 Å². The summed E-state index contributed by atoms with van der Waals surface area (Å²) in [6.45, 7) is 4.17. The fourth-order valence-corrected chi connectivity index (χ4v) is 3.10. The zero-order valence-electron chi connectivity index (χ0n) is 12.8. The molecule has 3 heterocycles. The van der Waals surface area contributed by atoms with Crippen LogP contribution in [0.5, 0.6) is 0 Å². The van der Waals surface area contributed by atoms with Gasteiger partial charge in [-0.2, -0.15) is 5.10 Å². The first-order chi connectivity index (χ1) is 10.7. The number of thiophene rings is 1. The molecule has 0 saturated heterocycles. The SMILES string of the molecule is CCCCc1[nH]nc(-c2ncc(C)c(-c3cccs3)n2)c1N. The van der Waals surface area contributed by atoms with Crippen LogP contribution in [0.15, 0.2) is 23.7 Å². The van der Waals surface area contributed by atoms with Crippen LogP contribution in [0.25, 0.3) is 22.1 Å². The number of anilines is 1. The van der Waals surface area contributed by atoms with Gasteiger partial charge in [0.15, 0.2) is 11.5 Å². The minimum Gasteiger partial charge on any atom is -0.395 e. The highest BCUT2D eigenvalue weighted by Gasteiger charge is 2.16. The molecule has 114 valence electrons. The van der Waals surface area contributed by atoms with Crippen molar-refractivity contribution in [1.82, 2.24) is 20.2 Å². The molecule has 0 aliphatic carbocycles. The molecule has 0 fully saturated rings. The number of rotatable bonds is 5. The van der Waals surface area contributed by atoms with Gasteiger partial charge in [-0.1, -0.05) is 19.4 Å². The molecule has 3 aromatic heterocycles. The van der Waals surface area contributed by atoms with Crippen molar-refractivity contribution in [3.63, 3.8) is 0 Å². The standard InChI is InChI=1S/C16H19N5S/c1-3-4-6-11-13(17)15(21-20-11)16-18-9-10(2)14(19-16)12-7-5-8-22-12/h5,7-9H,3-4,6,17H2,1-2H3,(H,20,21). The monoisotopic (exact) mass is 313 g/mol. The lowest BCUT2D eigenvalue weighted by Gasteiger charge is -2.05. The summed E-state index contributed by atoms with van der Waals surface area (Å²) in [5.41, 5.74) is 10.5. The smallest absolute Gasteiger partial charge is 0.182 e. The van der Waals surface area contributed by atoms with E-state index < -0.39 is 0 Å². The average Bonchev–Trinajstić information content (AvgIpc) is 3.16. The molecule has 3 N–H and O–H groups in total. The molecule has 0 spiro atoms. The van der Waals surface area contributed by atoms with Gasteiger partial charge in [0.25, 0.3) is 0 Å². The lowest BCUT2D eigenvalue weighted by Crippen LogP contribution is -1.98. The number of nitrogens with zero attached hydrogens (tertiary/aromatic N) is 3. The number of unbranched alkanes of at least 4 members (excludes halogenated alkanes) is 1. The molecular formula is C16H19N5S. The van der Waals surface area contributed by atoms with Gasteiger partial charge in [-0.25, -0.2) is 9.97 Å². The maximum Gasteiger partial charge on any atom is 0.182 e. The lowest BCUT2D eigenvalue weighted by atomic mass is 10.1. The van der Waals surface area contributed by atoms with E-state index in [0.717, 1.165) is 41.1 Å². The fourth-order valence-electron chi connectivity index (χ4n) is 2.32. The maximum atomic E-state index is 6.21. The number of nitrogens with one attached hydrogen (secondary N) is 1. The molecule has 0 aliphatic rings. The van der Waals surface area contributed by atoms with E-state index in [2.05, 4.69) is 33.2 Å². The van der Waals surface area contributed by atoms with Crippen LogP contribution in [-0.4, -0.2) is 20.2 Å². The number of hydrogen-bond acceptors (Lipinski definition) is 5. The third-order valence-corrected chi connectivity index (χ3v) is 4.48. The van der Waals surface area contributed by atoms with E-state index in [0.29, 0.717) is 17.2 Å². The number of aryl methyl sites for hydroxylation is 2. The zero-order chi connectivity index (χ0) is 15.5. The Morgan fingerprint density at radius 3 is 2.91 bits per heavy atom. The predicted molar refractivity (Wildman–Crippen MR) is 90.7 cm³/mol. The first-order valence-corrected chi connectivity index (χ1v) is 8.29. The first kappa shape index (κ1) is 14.7. The van der Waals surface area contributed by atoms with Crippen LogP contribution in [0.3, 0.4) is 0 Å². The second-order valence-electron chi connectivity index (χ2n) is 5.27. The molecule has 0 amide bonds. The molecule has 0 atom stereocenters. The Morgan fingerprint density at radius 2 is 2.18 bits per heavy atom. The molecule has 3 rings (SSSR count). The highest BCUT2D eigenvalue weighted by atomic mass is 32.1. The van der Waals surface area contributed by atoms with Crippen LogP contribution in [0, 0.1) is 6.92 Å². The predicted octanol–water partition coefficient (Wildman–Crippen LogP) is 3.83. The highest BCUT2D eigenvalue weighted by molar-refractivity contribution is 7.13. The second-order valence-corrected chi connectivity index (χ2v) is 6.22. The Kier molecular flexibility index (Phi) is 4.20. The second kappa shape index (κ2) is 6.27. The number of nitrogens with two attached hydrogens (primary N) is 1. The topological polar surface area (TPSA) is 80.5 Å². The summed E-state index contributed by atoms with van der Waals surface area (Å²) in [6, 6.07) is 4.08. The van der Waals surface area contributed by atoms with Crippen LogP contribution in [0.4, 0.5) is 5.69 Å². The quantitative estimate of drug-likeness (QED) is 0.750. The summed E-state index contributed by atoms with van der Waals surface area (Å²) in [4.78, 5) is 10.2. The normalized spacial score (nSPS) is 11.0. The Morgan fingerprint density at radius 1 is 1.32 bits per heavy atom. The van der Waals surface area contributed by atoms with Crippen molar-refractivity contribution >= 4 is 17.0 Å². The molecule has 22 heavy (non-hydrogen) atoms. The van der Waals surface area contributed by atoms with Crippen molar-refractivity contribution in [2.75, 3.05) is 5.73 Å². The maximum absolute atomic E-state index is 6.21. The molecule has 5 nitrogen and oxygen atoms in total. The highest BCUT2D eigenvalue weighted by Crippen LogP contribution is 2.29. The van der Waals surface area contributed by atoms with Gasteiger partial charge in [0.05, 0.1) is 22.0 Å². The van der Waals surface area contributed by atoms with E-state index >= 15 is 0 Å². The summed E-state index contributed by atoms with van der Waals surface area (Å²) >= 11 is 1.66. The summed E-state index contributed by atoms with van der Waals surface area (Å²) in [6.07, 6.45) is 4.94. The van der Waals surface area contributed by atoms with E-state index in [9.17, 15) is 0 Å². The van der Waals surface area contributed by atoms with Crippen LogP contribution in [-0.2, 0) is 6.42 Å². The van der Waals surface area contributed by atoms with Crippen LogP contribution in [0.1, 0.15) is 31.0 Å². The Balaban J connectivity index is 1.99. The third-order valence-electron chi connectivity index (χ3n) is 3.60. The molecule has 0 unspecified atom stereocenters. The minimum atomic E-state index is 0.575. The minimum absolute atomic E-state index is 0.575. The summed E-state index contributed by atoms with van der Waals surface area (Å²) in [5, 5.41) is 9.39. The average molecular weight is 313 g/mol. The summed E-state index contributed by atoms with van der Waals surface area (Å²) in [7, 11) is 0. The molecule has 0 aliphatic heterocycles. The summed E-state index contributed by atoms with van der Waals surface area (Å²) in [5.74, 6) is 0.575. The summed E-state index contributed by atoms with van der Waals surface area (Å²) < 4.78 is 0. The fraction of sp³-hybridized carbons (Fsp3) is 0.312. The lowest BCUT2D eigenvalue weighted by molar-refractivity contribution is 0.773. The van der Waals surface area contributed by atoms with Crippen LogP contribution >= 0.6 is 11.3 Å². The number of aromatic nitrogens is 4. The van der Waals surface area contributed by atoms with Gasteiger partial charge in [-0.3, -0.25) is 5.10 Å². The number of nitrogen functional groups attached to an aromatic ring is 1. The number of aromatic amines is 1. The zero-order valence-corrected chi connectivity index (χ0v) is 13.6. The largest absolute Gasteiger partial charge is 0.395 e. The van der Waals surface area contributed by atoms with Gasteiger partial charge in [0.2, 0.25) is 0 Å². The van der Waals surface area contributed by atoms with Crippen molar-refractivity contribution in [3.05, 3.63) is 35.0 Å². The Labute approximate surface area is 133 Å². The van der Waals surface area contributed by atoms with Gasteiger partial charge >= 0.3 is 0 Å². The van der Waals surface area contributed by atoms with E-state index in [4.69, 9.17) is 5.73 Å². The van der Waals surface area contributed by atoms with Crippen molar-refractivity contribution in [2.45, 2.75) is 33.1 Å². The van der Waals surface area contributed by atoms with Crippen molar-refractivity contribution in [2.24, 2.45) is 0 Å². The molecular weight excluding hydrogens is 294 g/mol. The molecule has 0 aromatic carbocycles. The first-order valence-electron chi connectivity index (χ1n) is 7.41. The Bertz CT molecular complexity index is 761. The van der Waals surface area contributed by atoms with E-state index in [1.54, 1.807) is 11.3 Å². The number of H-pyrrole nitrogens is 1. The number of hydrogen-bond donors (Lipinski definition) is 2. The van der Waals surface area contributed by atoms with E-state index in [-0.39, 0.29) is 0 Å². The molecule has 0 bridgehead atoms. The molecule has 3 aromatic rings. The van der Waals surface area contributed by atoms with Crippen molar-refractivity contribution in [1.29, 1.82) is 0 Å². The van der Waals surface area contributed by atoms with E-state index in [1.807, 2.05) is 24.6 Å². The van der Waals surface area contributed by atoms with Crippen LogP contribution in [0.2, 0.25) is 0 Å². The Hall–Kier alpha value is -2.21. The van der Waals surface area contributed by atoms with Gasteiger partial charge in [-0.15, -0.1) is 11.3 Å². The van der Waals surface area contributed by atoms with Gasteiger partial charge in [0.1, 0.15) is 0 Å². The van der Waals surface area contributed by atoms with Gasteiger partial charge in [-0.05, 0) is 36.8 Å². The van der Waals surface area contributed by atoms with E-state index in [1.165, 1.54) is 0 Å².